The molecule has 1 fully saturated rings. The van der Waals surface area contributed by atoms with Gasteiger partial charge >= 0.3 is 6.03 Å². The zero-order valence-corrected chi connectivity index (χ0v) is 16.4. The van der Waals surface area contributed by atoms with Gasteiger partial charge in [-0.3, -0.25) is 0 Å². The molecule has 0 bridgehead atoms. The third-order valence-electron chi connectivity index (χ3n) is 4.57. The molecule has 1 aliphatic carbocycles. The maximum Gasteiger partial charge on any atom is 0.315 e. The molecule has 0 spiro atoms. The summed E-state index contributed by atoms with van der Waals surface area (Å²) in [6.45, 7) is -0.199. The molecule has 0 aliphatic heterocycles. The maximum atomic E-state index is 13.5. The van der Waals surface area contributed by atoms with Gasteiger partial charge < -0.3 is 15.7 Å². The number of amides is 2. The molecule has 1 saturated carbocycles. The van der Waals surface area contributed by atoms with Gasteiger partial charge in [-0.25, -0.2) is 17.6 Å². The lowest BCUT2D eigenvalue weighted by molar-refractivity contribution is 0.240. The second-order valence-corrected chi connectivity index (χ2v) is 9.15. The SMILES string of the molecule is O=C(NCc1ccc(S(=O)(=O)CCO)cc1)N[C@@H]1C[C@H]1c1ccc(Cl)c(F)c1. The van der Waals surface area contributed by atoms with E-state index in [-0.39, 0.29) is 40.2 Å². The van der Waals surface area contributed by atoms with Crippen LogP contribution in [0.15, 0.2) is 47.4 Å². The quantitative estimate of drug-likeness (QED) is 0.634. The Kier molecular flexibility index (Phi) is 6.22. The van der Waals surface area contributed by atoms with E-state index in [1.165, 1.54) is 24.3 Å². The number of aliphatic hydroxyl groups excluding tert-OH is 1. The molecular formula is C19H20ClFN2O4S. The highest BCUT2D eigenvalue weighted by molar-refractivity contribution is 7.91. The topological polar surface area (TPSA) is 95.5 Å². The second kappa shape index (κ2) is 8.46. The number of rotatable bonds is 7. The van der Waals surface area contributed by atoms with E-state index in [0.29, 0.717) is 0 Å². The highest BCUT2D eigenvalue weighted by Crippen LogP contribution is 2.41. The lowest BCUT2D eigenvalue weighted by atomic mass is 10.1. The first-order valence-corrected chi connectivity index (χ1v) is 10.7. The summed E-state index contributed by atoms with van der Waals surface area (Å²) in [7, 11) is -3.49. The van der Waals surface area contributed by atoms with Crippen molar-refractivity contribution < 1.29 is 22.7 Å². The zero-order chi connectivity index (χ0) is 20.3. The molecule has 0 radical (unpaired) electrons. The number of aliphatic hydroxyl groups is 1. The summed E-state index contributed by atoms with van der Waals surface area (Å²) in [4.78, 5) is 12.2. The molecule has 2 amide bonds. The monoisotopic (exact) mass is 426 g/mol. The number of hydrogen-bond donors (Lipinski definition) is 3. The molecule has 0 saturated heterocycles. The summed E-state index contributed by atoms with van der Waals surface area (Å²) in [5.41, 5.74) is 1.54. The average Bonchev–Trinajstić information content (AvgIpc) is 3.41. The van der Waals surface area contributed by atoms with Crippen molar-refractivity contribution in [3.05, 3.63) is 64.4 Å². The fourth-order valence-electron chi connectivity index (χ4n) is 2.92. The van der Waals surface area contributed by atoms with E-state index < -0.39 is 22.3 Å². The van der Waals surface area contributed by atoms with E-state index in [1.54, 1.807) is 18.2 Å². The second-order valence-electron chi connectivity index (χ2n) is 6.64. The van der Waals surface area contributed by atoms with Crippen LogP contribution in [-0.2, 0) is 16.4 Å². The van der Waals surface area contributed by atoms with Crippen LogP contribution in [0, 0.1) is 5.82 Å². The van der Waals surface area contributed by atoms with Crippen LogP contribution in [0.25, 0.3) is 0 Å². The summed E-state index contributed by atoms with van der Waals surface area (Å²) in [6, 6.07) is 10.4. The number of carbonyl (C=O) groups is 1. The summed E-state index contributed by atoms with van der Waals surface area (Å²) in [6.07, 6.45) is 0.728. The smallest absolute Gasteiger partial charge is 0.315 e. The Morgan fingerprint density at radius 2 is 1.93 bits per heavy atom. The molecule has 3 N–H and O–H groups in total. The van der Waals surface area contributed by atoms with Crippen molar-refractivity contribution in [1.29, 1.82) is 0 Å². The minimum absolute atomic E-state index is 0.0634. The first-order chi connectivity index (χ1) is 13.3. The molecule has 28 heavy (non-hydrogen) atoms. The number of hydrogen-bond acceptors (Lipinski definition) is 4. The standard InChI is InChI=1S/C19H20ClFN2O4S/c20-16-6-3-13(9-17(16)21)15-10-18(15)23-19(25)22-11-12-1-4-14(5-2-12)28(26,27)8-7-24/h1-6,9,15,18,24H,7-8,10-11H2,(H2,22,23,25)/t15-,18+/m0/s1. The third-order valence-corrected chi connectivity index (χ3v) is 6.59. The molecular weight excluding hydrogens is 407 g/mol. The van der Waals surface area contributed by atoms with E-state index >= 15 is 0 Å². The predicted octanol–water partition coefficient (Wildman–Crippen LogP) is 2.60. The van der Waals surface area contributed by atoms with Crippen molar-refractivity contribution in [3.8, 4) is 0 Å². The van der Waals surface area contributed by atoms with Crippen LogP contribution < -0.4 is 10.6 Å². The summed E-state index contributed by atoms with van der Waals surface area (Å²) >= 11 is 5.68. The fourth-order valence-corrected chi connectivity index (χ4v) is 4.06. The molecule has 2 atom stereocenters. The Hall–Kier alpha value is -2.16. The number of carbonyl (C=O) groups excluding carboxylic acids is 1. The lowest BCUT2D eigenvalue weighted by Gasteiger charge is -2.09. The van der Waals surface area contributed by atoms with Crippen LogP contribution >= 0.6 is 11.6 Å². The molecule has 3 rings (SSSR count). The summed E-state index contributed by atoms with van der Waals surface area (Å²) in [5.74, 6) is -0.736. The van der Waals surface area contributed by atoms with Crippen molar-refractivity contribution in [2.24, 2.45) is 0 Å². The number of urea groups is 1. The molecule has 0 heterocycles. The first-order valence-electron chi connectivity index (χ1n) is 8.72. The van der Waals surface area contributed by atoms with Gasteiger partial charge in [0.15, 0.2) is 9.84 Å². The maximum absolute atomic E-state index is 13.5. The Balaban J connectivity index is 1.48. The van der Waals surface area contributed by atoms with Gasteiger partial charge in [-0.1, -0.05) is 29.8 Å². The summed E-state index contributed by atoms with van der Waals surface area (Å²) < 4.78 is 37.2. The van der Waals surface area contributed by atoms with Crippen LogP contribution in [0.2, 0.25) is 5.02 Å². The van der Waals surface area contributed by atoms with Crippen LogP contribution in [-0.4, -0.2) is 38.0 Å². The van der Waals surface area contributed by atoms with E-state index in [2.05, 4.69) is 10.6 Å². The minimum atomic E-state index is -3.49. The number of nitrogens with one attached hydrogen (secondary N) is 2. The van der Waals surface area contributed by atoms with Crippen molar-refractivity contribution in [1.82, 2.24) is 10.6 Å². The van der Waals surface area contributed by atoms with E-state index in [0.717, 1.165) is 17.5 Å². The Bertz CT molecular complexity index is 966. The van der Waals surface area contributed by atoms with Crippen molar-refractivity contribution in [2.45, 2.75) is 29.8 Å². The van der Waals surface area contributed by atoms with Gasteiger partial charge in [-0.15, -0.1) is 0 Å². The molecule has 6 nitrogen and oxygen atoms in total. The van der Waals surface area contributed by atoms with Crippen LogP contribution in [0.3, 0.4) is 0 Å². The molecule has 2 aromatic carbocycles. The predicted molar refractivity (Wildman–Crippen MR) is 104 cm³/mol. The van der Waals surface area contributed by atoms with Gasteiger partial charge in [0.05, 0.1) is 22.3 Å². The molecule has 1 aliphatic rings. The van der Waals surface area contributed by atoms with Gasteiger partial charge in [0, 0.05) is 18.5 Å². The molecule has 0 aromatic heterocycles. The van der Waals surface area contributed by atoms with E-state index in [9.17, 15) is 17.6 Å². The van der Waals surface area contributed by atoms with E-state index in [1.807, 2.05) is 0 Å². The van der Waals surface area contributed by atoms with Crippen molar-refractivity contribution in [2.75, 3.05) is 12.4 Å². The highest BCUT2D eigenvalue weighted by atomic mass is 35.5. The van der Waals surface area contributed by atoms with Gasteiger partial charge in [0.2, 0.25) is 0 Å². The minimum Gasteiger partial charge on any atom is -0.395 e. The van der Waals surface area contributed by atoms with Crippen LogP contribution in [0.1, 0.15) is 23.5 Å². The third kappa shape index (κ3) is 5.01. The number of benzene rings is 2. The van der Waals surface area contributed by atoms with Gasteiger partial charge in [0.1, 0.15) is 5.82 Å². The number of halogens is 2. The molecule has 150 valence electrons. The normalized spacial score (nSPS) is 18.5. The molecule has 9 heteroatoms. The highest BCUT2D eigenvalue weighted by Gasteiger charge is 2.39. The summed E-state index contributed by atoms with van der Waals surface area (Å²) in [5, 5.41) is 14.4. The van der Waals surface area contributed by atoms with Gasteiger partial charge in [0.25, 0.3) is 0 Å². The van der Waals surface area contributed by atoms with Gasteiger partial charge in [-0.05, 0) is 41.8 Å². The first kappa shape index (κ1) is 20.6. The molecule has 0 unspecified atom stereocenters. The average molecular weight is 427 g/mol. The van der Waals surface area contributed by atoms with Crippen molar-refractivity contribution in [3.63, 3.8) is 0 Å². The van der Waals surface area contributed by atoms with Crippen LogP contribution in [0.4, 0.5) is 9.18 Å². The number of sulfone groups is 1. The molecule has 2 aromatic rings. The Morgan fingerprint density at radius 3 is 2.57 bits per heavy atom. The van der Waals surface area contributed by atoms with Crippen molar-refractivity contribution >= 4 is 27.5 Å². The fraction of sp³-hybridized carbons (Fsp3) is 0.316. The Labute approximate surface area is 167 Å². The lowest BCUT2D eigenvalue weighted by Crippen LogP contribution is -2.36. The largest absolute Gasteiger partial charge is 0.395 e. The van der Waals surface area contributed by atoms with Gasteiger partial charge in [-0.2, -0.15) is 0 Å². The van der Waals surface area contributed by atoms with Crippen LogP contribution in [0.5, 0.6) is 0 Å². The Morgan fingerprint density at radius 1 is 1.21 bits per heavy atom. The zero-order valence-electron chi connectivity index (χ0n) is 14.9. The van der Waals surface area contributed by atoms with E-state index in [4.69, 9.17) is 16.7 Å².